The van der Waals surface area contributed by atoms with E-state index < -0.39 is 106 Å². The summed E-state index contributed by atoms with van der Waals surface area (Å²) in [5.74, 6) is -2.65. The number of benzene rings is 2. The summed E-state index contributed by atoms with van der Waals surface area (Å²) in [6.07, 6.45) is 16.9. The fraction of sp³-hybridized carbons (Fsp3) is 0.689. The normalized spacial score (nSPS) is 23.8. The molecule has 0 bridgehead atoms. The van der Waals surface area contributed by atoms with Gasteiger partial charge in [0.15, 0.2) is 17.3 Å². The van der Waals surface area contributed by atoms with Crippen molar-refractivity contribution in [3.63, 3.8) is 0 Å². The molecule has 4 aliphatic carbocycles. The van der Waals surface area contributed by atoms with Crippen LogP contribution in [0.25, 0.3) is 0 Å². The van der Waals surface area contributed by atoms with Crippen LogP contribution in [-0.2, 0) is 52.8 Å². The third-order valence-corrected chi connectivity index (χ3v) is 22.0. The smallest absolute Gasteiger partial charge is 0.287 e. The van der Waals surface area contributed by atoms with E-state index >= 15 is 0 Å². The average molecular weight is 1460 g/mol. The molecule has 6 fully saturated rings. The maximum Gasteiger partial charge on any atom is 0.287 e. The second kappa shape index (κ2) is 33.5. The molecule has 562 valence electrons. The van der Waals surface area contributed by atoms with Gasteiger partial charge in [-0.1, -0.05) is 152 Å². The summed E-state index contributed by atoms with van der Waals surface area (Å²) in [5, 5.41) is 31.8. The van der Waals surface area contributed by atoms with Crippen molar-refractivity contribution in [2.45, 2.75) is 249 Å². The maximum atomic E-state index is 14.7. The molecule has 28 heteroatoms. The Bertz CT molecular complexity index is 3500. The molecule has 2 aromatic rings. The number of oxime groups is 2. The number of nitrogens with two attached hydrogens (primary N) is 2. The van der Waals surface area contributed by atoms with Crippen LogP contribution in [-0.4, -0.2) is 174 Å². The van der Waals surface area contributed by atoms with Crippen LogP contribution in [0.3, 0.4) is 0 Å². The van der Waals surface area contributed by atoms with Gasteiger partial charge in [-0.15, -0.1) is 0 Å². The Morgan fingerprint density at radius 3 is 1.28 bits per heavy atom. The Hall–Kier alpha value is -7.45. The highest BCUT2D eigenvalue weighted by Gasteiger charge is 2.58. The quantitative estimate of drug-likeness (QED) is 0.0347. The molecule has 102 heavy (non-hydrogen) atoms. The summed E-state index contributed by atoms with van der Waals surface area (Å²) >= 11 is 12.9. The lowest BCUT2D eigenvalue weighted by Gasteiger charge is -2.36. The largest absolute Gasteiger partial charge is 0.496 e. The van der Waals surface area contributed by atoms with Crippen molar-refractivity contribution in [3.05, 3.63) is 45.4 Å². The van der Waals surface area contributed by atoms with Gasteiger partial charge in [0.05, 0.1) is 75.1 Å². The van der Waals surface area contributed by atoms with Gasteiger partial charge in [-0.05, 0) is 85.2 Å². The summed E-state index contributed by atoms with van der Waals surface area (Å²) < 4.78 is 21.9. The highest BCUT2D eigenvalue weighted by Crippen LogP contribution is 2.46. The lowest BCUT2D eigenvalue weighted by molar-refractivity contribution is -0.145. The molecule has 0 radical (unpaired) electrons. The molecular weight excluding hydrogens is 1360 g/mol. The van der Waals surface area contributed by atoms with E-state index in [2.05, 4.69) is 31.6 Å². The summed E-state index contributed by atoms with van der Waals surface area (Å²) in [7, 11) is 6.03. The molecule has 8 aliphatic rings. The van der Waals surface area contributed by atoms with Crippen molar-refractivity contribution in [1.29, 1.82) is 0 Å². The molecule has 2 saturated heterocycles. The van der Waals surface area contributed by atoms with Crippen LogP contribution in [0.1, 0.15) is 207 Å². The van der Waals surface area contributed by atoms with Gasteiger partial charge in [0.2, 0.25) is 47.1 Å². The summed E-state index contributed by atoms with van der Waals surface area (Å²) in [4.78, 5) is 137. The first-order valence-electron chi connectivity index (χ1n) is 36.2. The first-order valence-corrected chi connectivity index (χ1v) is 37.0. The lowest BCUT2D eigenvalue weighted by atomic mass is 9.85. The molecule has 9 N–H and O–H groups in total. The molecule has 26 nitrogen and oxygen atoms in total. The van der Waals surface area contributed by atoms with E-state index in [0.717, 1.165) is 77.0 Å². The van der Waals surface area contributed by atoms with Crippen LogP contribution in [0.4, 0.5) is 0 Å². The molecule has 2 aromatic carbocycles. The lowest BCUT2D eigenvalue weighted by Crippen LogP contribution is -2.59. The number of nitrogens with one attached hydrogen (secondary N) is 4. The number of aliphatic hydroxyl groups excluding tert-OH is 1. The molecule has 9 atom stereocenters. The minimum atomic E-state index is -1.59. The van der Waals surface area contributed by atoms with Gasteiger partial charge in [0.25, 0.3) is 5.91 Å². The predicted octanol–water partition coefficient (Wildman–Crippen LogP) is 7.90. The number of carbonyl (C=O) groups is 9. The van der Waals surface area contributed by atoms with Gasteiger partial charge in [-0.25, -0.2) is 0 Å². The Balaban J connectivity index is 0.000000237. The zero-order valence-corrected chi connectivity index (χ0v) is 62.3. The number of methoxy groups -OCH3 is 4. The number of ketones is 1. The van der Waals surface area contributed by atoms with E-state index in [1.165, 1.54) is 63.9 Å². The number of likely N-dealkylation sites (tertiary alicyclic amines) is 2. The van der Waals surface area contributed by atoms with E-state index in [1.54, 1.807) is 24.3 Å². The first kappa shape index (κ1) is 78.7. The molecule has 2 spiro atoms. The molecule has 1 unspecified atom stereocenters. The highest BCUT2D eigenvalue weighted by atomic mass is 35.5. The van der Waals surface area contributed by atoms with Crippen molar-refractivity contribution in [3.8, 4) is 23.0 Å². The number of carbonyl (C=O) groups excluding carboxylic acids is 9. The molecular formula is C74H106Cl2N10O16. The number of hydrogen-bond donors (Lipinski definition) is 7. The molecule has 4 heterocycles. The summed E-state index contributed by atoms with van der Waals surface area (Å²) in [6, 6.07) is 0.550. The van der Waals surface area contributed by atoms with Crippen molar-refractivity contribution in [2.75, 3.05) is 41.5 Å². The van der Waals surface area contributed by atoms with Crippen molar-refractivity contribution in [2.24, 2.45) is 56.3 Å². The number of primary amides is 2. The molecule has 8 amide bonds. The highest BCUT2D eigenvalue weighted by molar-refractivity contribution is 6.38. The number of halogens is 2. The number of aliphatic hydroxyl groups is 1. The fourth-order valence-corrected chi connectivity index (χ4v) is 15.7. The minimum absolute atomic E-state index is 0.000136. The number of Topliss-reactive ketones (excluding diaryl/α,β-unsaturated/α-hetero) is 1. The van der Waals surface area contributed by atoms with E-state index in [4.69, 9.17) is 63.3 Å². The van der Waals surface area contributed by atoms with Gasteiger partial charge in [-0.2, -0.15) is 0 Å². The Morgan fingerprint density at radius 1 is 0.549 bits per heavy atom. The van der Waals surface area contributed by atoms with Gasteiger partial charge in [-0.3, -0.25) is 43.2 Å². The van der Waals surface area contributed by atoms with Gasteiger partial charge >= 0.3 is 0 Å². The maximum absolute atomic E-state index is 14.7. The number of ether oxygens (including phenoxy) is 4. The van der Waals surface area contributed by atoms with Gasteiger partial charge in [0, 0.05) is 61.8 Å². The second-order valence-electron chi connectivity index (χ2n) is 31.7. The number of amides is 8. The Morgan fingerprint density at radius 2 is 0.931 bits per heavy atom. The SMILES string of the molecule is COc1cc(OC)c(C2=NO[C@]3(C2)C[C@@H](C(=O)N[C@@H](CC2CC2)C(=O)C(N)=O)N(C(=O)[C@@H](NC(=O)CC2CCCCCC2)C(C)(C)C)C3)cc1Cl.COc1cc(OC)c(C2=NO[C@]3(C2)C[C@@H](C(=O)N[C@@H](CC2CC2)C(O)C(N)=O)N(C(=O)[C@@H](NC(=O)CC2CCCCCC2)C(C)(C)C)C3)cc1Cl. The molecule has 0 aromatic heterocycles. The zero-order valence-electron chi connectivity index (χ0n) is 60.8. The van der Waals surface area contributed by atoms with Gasteiger partial charge in [0.1, 0.15) is 47.2 Å². The van der Waals surface area contributed by atoms with E-state index in [0.29, 0.717) is 74.9 Å². The molecule has 4 aliphatic heterocycles. The van der Waals surface area contributed by atoms with E-state index in [-0.39, 0.29) is 80.7 Å². The number of hydrogen-bond acceptors (Lipinski definition) is 18. The van der Waals surface area contributed by atoms with Crippen LogP contribution >= 0.6 is 23.2 Å². The van der Waals surface area contributed by atoms with Crippen LogP contribution in [0, 0.1) is 34.5 Å². The molecule has 4 saturated carbocycles. The summed E-state index contributed by atoms with van der Waals surface area (Å²) in [6.45, 7) is 11.2. The minimum Gasteiger partial charge on any atom is -0.496 e. The average Bonchev–Trinajstić information content (AvgIpc) is 1.60. The Kier molecular flexibility index (Phi) is 25.9. The van der Waals surface area contributed by atoms with Crippen LogP contribution in [0.2, 0.25) is 10.0 Å². The Labute approximate surface area is 608 Å². The van der Waals surface area contributed by atoms with Crippen molar-refractivity contribution >= 4 is 87.7 Å². The number of rotatable bonds is 26. The topological polar surface area (TPSA) is 361 Å². The van der Waals surface area contributed by atoms with Crippen LogP contribution < -0.4 is 51.7 Å². The third kappa shape index (κ3) is 19.7. The second-order valence-corrected chi connectivity index (χ2v) is 32.5. The predicted molar refractivity (Wildman–Crippen MR) is 382 cm³/mol. The fourth-order valence-electron chi connectivity index (χ4n) is 15.3. The van der Waals surface area contributed by atoms with Crippen molar-refractivity contribution in [1.82, 2.24) is 31.1 Å². The van der Waals surface area contributed by atoms with Crippen LogP contribution in [0.15, 0.2) is 34.6 Å². The monoisotopic (exact) mass is 1460 g/mol. The van der Waals surface area contributed by atoms with Crippen molar-refractivity contribution < 1.29 is 76.9 Å². The van der Waals surface area contributed by atoms with E-state index in [1.807, 2.05) is 41.5 Å². The van der Waals surface area contributed by atoms with E-state index in [9.17, 15) is 48.3 Å². The summed E-state index contributed by atoms with van der Waals surface area (Å²) in [5.41, 5.74) is 9.37. The first-order chi connectivity index (χ1) is 48.3. The van der Waals surface area contributed by atoms with Gasteiger partial charge < -0.3 is 76.3 Å². The van der Waals surface area contributed by atoms with Crippen LogP contribution in [0.5, 0.6) is 23.0 Å². The third-order valence-electron chi connectivity index (χ3n) is 21.4. The standard InChI is InChI=1S/C37H54ClN5O8.C37H52ClN5O8/c2*1-36(2,3)32(41-30(44)15-21-10-8-6-7-9-11-21)35(48)43-20-37(18-26(42-51-37)23-16-24(38)29(50-5)17-28(23)49-4)19-27(43)34(47)40-25(14-22-12-13-22)31(45)33(39)46/h16-17,21-22,25,27,31-32,45H,6-15,18-20H2,1-5H3,(H2,39,46)(H,40,47)(H,41,44);16-17,21-22,25,27,32H,6-15,18-20H2,1-5H3,(H2,39,46)(H,40,47)(H,41,44)/t25-,27-,31?,32+,37+;25-,27-,32+,37+/m00/s1. The zero-order chi connectivity index (χ0) is 74.2. The number of nitrogens with zero attached hydrogens (tertiary/aromatic N) is 4. The molecule has 10 rings (SSSR count).